The van der Waals surface area contributed by atoms with E-state index in [1.165, 1.54) is 12.8 Å². The van der Waals surface area contributed by atoms with Crippen molar-refractivity contribution in [1.82, 2.24) is 14.7 Å². The van der Waals surface area contributed by atoms with Crippen molar-refractivity contribution in [3.63, 3.8) is 0 Å². The highest BCUT2D eigenvalue weighted by Gasteiger charge is 2.33. The molecular weight excluding hydrogens is 464 g/mol. The molecule has 0 spiro atoms. The number of piperazine rings is 1. The number of likely N-dealkylation sites (tertiary alicyclic amines) is 1. The molecule has 1 atom stereocenters. The Morgan fingerprint density at radius 2 is 1.69 bits per heavy atom. The van der Waals surface area contributed by atoms with Crippen LogP contribution in [-0.2, 0) is 20.9 Å². The number of carbonyl (C=O) groups excluding carboxylic acids is 3. The Hall–Kier alpha value is -2.12. The van der Waals surface area contributed by atoms with Crippen molar-refractivity contribution in [3.05, 3.63) is 28.3 Å². The summed E-state index contributed by atoms with van der Waals surface area (Å²) >= 11 is 6.46. The van der Waals surface area contributed by atoms with Crippen molar-refractivity contribution in [2.75, 3.05) is 38.0 Å². The van der Waals surface area contributed by atoms with Crippen molar-refractivity contribution in [3.8, 4) is 0 Å². The number of halogens is 1. The van der Waals surface area contributed by atoms with Crippen LogP contribution in [0.4, 0.5) is 5.69 Å². The molecule has 2 saturated heterocycles. The van der Waals surface area contributed by atoms with Crippen LogP contribution in [0.1, 0.15) is 63.5 Å². The summed E-state index contributed by atoms with van der Waals surface area (Å²) in [4.78, 5) is 43.7. The van der Waals surface area contributed by atoms with Gasteiger partial charge in [0, 0.05) is 74.8 Å². The highest BCUT2D eigenvalue weighted by molar-refractivity contribution is 6.31. The molecule has 0 bridgehead atoms. The van der Waals surface area contributed by atoms with E-state index in [1.54, 1.807) is 11.8 Å². The van der Waals surface area contributed by atoms with Gasteiger partial charge in [-0.25, -0.2) is 0 Å². The van der Waals surface area contributed by atoms with Crippen LogP contribution < -0.4 is 5.32 Å². The molecule has 8 heteroatoms. The lowest BCUT2D eigenvalue weighted by Gasteiger charge is -2.41. The van der Waals surface area contributed by atoms with Crippen molar-refractivity contribution < 1.29 is 14.4 Å². The molecule has 0 radical (unpaired) electrons. The molecule has 1 N–H and O–H groups in total. The molecule has 0 aromatic heterocycles. The van der Waals surface area contributed by atoms with Crippen molar-refractivity contribution in [2.45, 2.75) is 71.9 Å². The zero-order valence-corrected chi connectivity index (χ0v) is 22.1. The number of anilines is 1. The summed E-state index contributed by atoms with van der Waals surface area (Å²) in [6, 6.07) is 4.00. The maximum atomic E-state index is 13.0. The fourth-order valence-electron chi connectivity index (χ4n) is 5.87. The Balaban J connectivity index is 1.36. The number of nitrogens with zero attached hydrogens (tertiary/aromatic N) is 3. The third kappa shape index (κ3) is 6.18. The lowest BCUT2D eigenvalue weighted by atomic mass is 9.95. The average molecular weight is 503 g/mol. The monoisotopic (exact) mass is 502 g/mol. The third-order valence-electron chi connectivity index (χ3n) is 8.14. The third-order valence-corrected chi connectivity index (χ3v) is 8.36. The van der Waals surface area contributed by atoms with Crippen LogP contribution in [0.25, 0.3) is 0 Å². The van der Waals surface area contributed by atoms with Gasteiger partial charge in [-0.05, 0) is 62.8 Å². The normalized spacial score (nSPS) is 22.5. The first-order valence-corrected chi connectivity index (χ1v) is 13.5. The van der Waals surface area contributed by atoms with E-state index in [-0.39, 0.29) is 29.7 Å². The smallest absolute Gasteiger partial charge is 0.227 e. The summed E-state index contributed by atoms with van der Waals surface area (Å²) in [6.45, 7) is 10.2. The van der Waals surface area contributed by atoms with Gasteiger partial charge in [0.15, 0.2) is 0 Å². The zero-order valence-electron chi connectivity index (χ0n) is 21.3. The van der Waals surface area contributed by atoms with Crippen LogP contribution in [0.5, 0.6) is 0 Å². The van der Waals surface area contributed by atoms with E-state index in [1.807, 2.05) is 19.1 Å². The number of benzene rings is 1. The summed E-state index contributed by atoms with van der Waals surface area (Å²) in [6.07, 6.45) is 5.79. The first-order valence-electron chi connectivity index (χ1n) is 13.1. The minimum atomic E-state index is -0.0984. The minimum Gasteiger partial charge on any atom is -0.343 e. The van der Waals surface area contributed by atoms with Gasteiger partial charge in [0.2, 0.25) is 17.7 Å². The molecule has 1 aromatic rings. The van der Waals surface area contributed by atoms with Gasteiger partial charge in [0.1, 0.15) is 0 Å². The predicted octanol–water partition coefficient (Wildman–Crippen LogP) is 4.07. The second kappa shape index (κ2) is 11.3. The molecule has 35 heavy (non-hydrogen) atoms. The number of amides is 3. The van der Waals surface area contributed by atoms with E-state index in [9.17, 15) is 14.4 Å². The molecule has 1 unspecified atom stereocenters. The summed E-state index contributed by atoms with van der Waals surface area (Å²) in [5.74, 6) is 0.529. The van der Waals surface area contributed by atoms with E-state index < -0.39 is 0 Å². The highest BCUT2D eigenvalue weighted by atomic mass is 35.5. The number of nitrogens with one attached hydrogen (secondary N) is 1. The number of piperidine rings is 1. The summed E-state index contributed by atoms with van der Waals surface area (Å²) in [7, 11) is 0. The van der Waals surface area contributed by atoms with Crippen molar-refractivity contribution in [2.24, 2.45) is 11.8 Å². The topological polar surface area (TPSA) is 73.0 Å². The second-order valence-electron chi connectivity index (χ2n) is 10.6. The van der Waals surface area contributed by atoms with Gasteiger partial charge < -0.3 is 15.1 Å². The van der Waals surface area contributed by atoms with Crippen LogP contribution in [0, 0.1) is 18.8 Å². The first-order chi connectivity index (χ1) is 16.7. The van der Waals surface area contributed by atoms with Gasteiger partial charge >= 0.3 is 0 Å². The Labute approximate surface area is 214 Å². The van der Waals surface area contributed by atoms with E-state index >= 15 is 0 Å². The summed E-state index contributed by atoms with van der Waals surface area (Å²) in [5, 5.41) is 3.71. The maximum absolute atomic E-state index is 13.0. The quantitative estimate of drug-likeness (QED) is 0.658. The first kappa shape index (κ1) is 26.0. The Morgan fingerprint density at radius 1 is 1.00 bits per heavy atom. The molecule has 1 aliphatic carbocycles. The van der Waals surface area contributed by atoms with Crippen molar-refractivity contribution in [1.29, 1.82) is 0 Å². The standard InChI is InChI=1S/C27H39ClN4O3/c1-18-16-30(12-13-32(18)27(35)22-6-4-5-7-22)17-23-14-24(28)15-25(19(23)2)29-26(34)21-8-10-31(11-9-21)20(3)33/h14-15,18,21-22H,4-13,16-17H2,1-3H3,(H,29,34). The molecule has 7 nitrogen and oxygen atoms in total. The summed E-state index contributed by atoms with van der Waals surface area (Å²) in [5.41, 5.74) is 2.89. The summed E-state index contributed by atoms with van der Waals surface area (Å²) < 4.78 is 0. The number of carbonyl (C=O) groups is 3. The number of hydrogen-bond donors (Lipinski definition) is 1. The van der Waals surface area contributed by atoms with E-state index in [0.717, 1.165) is 55.8 Å². The van der Waals surface area contributed by atoms with Gasteiger partial charge in [0.25, 0.3) is 0 Å². The van der Waals surface area contributed by atoms with Gasteiger partial charge in [-0.2, -0.15) is 0 Å². The predicted molar refractivity (Wildman–Crippen MR) is 138 cm³/mol. The van der Waals surface area contributed by atoms with Gasteiger partial charge in [-0.1, -0.05) is 24.4 Å². The lowest BCUT2D eigenvalue weighted by Crippen LogP contribution is -2.54. The average Bonchev–Trinajstić information content (AvgIpc) is 3.37. The number of hydrogen-bond acceptors (Lipinski definition) is 4. The van der Waals surface area contributed by atoms with E-state index in [0.29, 0.717) is 36.9 Å². The van der Waals surface area contributed by atoms with Crippen molar-refractivity contribution >= 4 is 35.0 Å². The van der Waals surface area contributed by atoms with Crippen LogP contribution in [0.2, 0.25) is 5.02 Å². The highest BCUT2D eigenvalue weighted by Crippen LogP contribution is 2.30. The van der Waals surface area contributed by atoms with Gasteiger partial charge in [-0.3, -0.25) is 19.3 Å². The van der Waals surface area contributed by atoms with E-state index in [2.05, 4.69) is 22.0 Å². The van der Waals surface area contributed by atoms with Crippen LogP contribution in [0.15, 0.2) is 12.1 Å². The molecule has 3 fully saturated rings. The minimum absolute atomic E-state index is 0.00261. The van der Waals surface area contributed by atoms with Gasteiger partial charge in [-0.15, -0.1) is 0 Å². The molecule has 3 amide bonds. The Bertz CT molecular complexity index is 954. The molecule has 3 aliphatic rings. The fourth-order valence-corrected chi connectivity index (χ4v) is 6.11. The Kier molecular flexibility index (Phi) is 8.38. The Morgan fingerprint density at radius 3 is 2.31 bits per heavy atom. The van der Waals surface area contributed by atoms with Crippen LogP contribution >= 0.6 is 11.6 Å². The molecule has 1 aromatic carbocycles. The SMILES string of the molecule is CC(=O)N1CCC(C(=O)Nc2cc(Cl)cc(CN3CCN(C(=O)C4CCCC4)C(C)C3)c2C)CC1. The molecule has 2 heterocycles. The maximum Gasteiger partial charge on any atom is 0.227 e. The molecular formula is C27H39ClN4O3. The molecule has 1 saturated carbocycles. The molecule has 4 rings (SSSR count). The van der Waals surface area contributed by atoms with Gasteiger partial charge in [0.05, 0.1) is 0 Å². The van der Waals surface area contributed by atoms with E-state index in [4.69, 9.17) is 11.6 Å². The molecule has 2 aliphatic heterocycles. The van der Waals surface area contributed by atoms with Crippen LogP contribution in [0.3, 0.4) is 0 Å². The lowest BCUT2D eigenvalue weighted by molar-refractivity contribution is -0.140. The second-order valence-corrected chi connectivity index (χ2v) is 11.0. The van der Waals surface area contributed by atoms with Crippen LogP contribution in [-0.4, -0.2) is 71.2 Å². The zero-order chi connectivity index (χ0) is 25.1. The molecule has 192 valence electrons. The number of rotatable bonds is 5. The fraction of sp³-hybridized carbons (Fsp3) is 0.667. The largest absolute Gasteiger partial charge is 0.343 e.